The molecule has 0 amide bonds. The molecule has 6 heteroatoms. The van der Waals surface area contributed by atoms with Gasteiger partial charge in [0.25, 0.3) is 5.56 Å². The van der Waals surface area contributed by atoms with Crippen LogP contribution in [0.3, 0.4) is 0 Å². The summed E-state index contributed by atoms with van der Waals surface area (Å²) < 4.78 is 15.7. The Morgan fingerprint density at radius 3 is 2.77 bits per heavy atom. The van der Waals surface area contributed by atoms with Gasteiger partial charge in [-0.15, -0.1) is 0 Å². The molecule has 2 heterocycles. The number of benzene rings is 2. The summed E-state index contributed by atoms with van der Waals surface area (Å²) in [4.78, 5) is 16.6. The highest BCUT2D eigenvalue weighted by Gasteiger charge is 2.11. The largest absolute Gasteiger partial charge is 0.288 e. The highest BCUT2D eigenvalue weighted by molar-refractivity contribution is 7.20. The van der Waals surface area contributed by atoms with E-state index in [4.69, 9.17) is 0 Å². The zero-order valence-electron chi connectivity index (χ0n) is 11.3. The van der Waals surface area contributed by atoms with E-state index in [1.807, 2.05) is 24.3 Å². The predicted octanol–water partition coefficient (Wildman–Crippen LogP) is 3.58. The number of rotatable bonds is 2. The van der Waals surface area contributed by atoms with Gasteiger partial charge in [-0.2, -0.15) is 4.68 Å². The maximum atomic E-state index is 13.3. The van der Waals surface area contributed by atoms with E-state index in [0.29, 0.717) is 16.4 Å². The van der Waals surface area contributed by atoms with Gasteiger partial charge in [0.15, 0.2) is 0 Å². The number of H-pyrrole nitrogens is 1. The van der Waals surface area contributed by atoms with Gasteiger partial charge in [0.1, 0.15) is 5.82 Å². The number of hydrogen-bond donors (Lipinski definition) is 1. The Morgan fingerprint density at radius 2 is 1.95 bits per heavy atom. The lowest BCUT2D eigenvalue weighted by atomic mass is 10.1. The fourth-order valence-corrected chi connectivity index (χ4v) is 3.23. The smallest absolute Gasteiger partial charge is 0.273 e. The van der Waals surface area contributed by atoms with Crippen molar-refractivity contribution in [3.05, 3.63) is 70.8 Å². The molecule has 0 aliphatic rings. The number of para-hydroxylation sites is 1. The highest BCUT2D eigenvalue weighted by Crippen LogP contribution is 2.24. The first-order valence-corrected chi connectivity index (χ1v) is 7.46. The minimum atomic E-state index is -0.342. The van der Waals surface area contributed by atoms with Gasteiger partial charge in [0.05, 0.1) is 15.9 Å². The fraction of sp³-hybridized carbons (Fsp3) is 0. The van der Waals surface area contributed by atoms with Crippen LogP contribution in [0.1, 0.15) is 0 Å². The average Bonchev–Trinajstić information content (AvgIpc) is 3.10. The minimum absolute atomic E-state index is 0.224. The second-order valence-electron chi connectivity index (χ2n) is 4.82. The third kappa shape index (κ3) is 2.14. The molecule has 0 saturated carbocycles. The van der Waals surface area contributed by atoms with Gasteiger partial charge in [-0.1, -0.05) is 35.6 Å². The molecule has 0 unspecified atom stereocenters. The van der Waals surface area contributed by atoms with Crippen LogP contribution in [-0.4, -0.2) is 14.8 Å². The molecule has 0 aliphatic carbocycles. The molecule has 0 fully saturated rings. The number of thiazole rings is 1. The van der Waals surface area contributed by atoms with Crippen molar-refractivity contribution in [3.63, 3.8) is 0 Å². The van der Waals surface area contributed by atoms with Gasteiger partial charge in [0.2, 0.25) is 5.13 Å². The summed E-state index contributed by atoms with van der Waals surface area (Å²) in [6.45, 7) is 0. The lowest BCUT2D eigenvalue weighted by molar-refractivity contribution is 0.628. The lowest BCUT2D eigenvalue weighted by Crippen LogP contribution is -2.12. The fourth-order valence-electron chi connectivity index (χ4n) is 2.30. The molecule has 108 valence electrons. The van der Waals surface area contributed by atoms with Crippen LogP contribution in [0, 0.1) is 5.82 Å². The molecule has 0 atom stereocenters. The Bertz CT molecular complexity index is 998. The monoisotopic (exact) mass is 311 g/mol. The molecule has 1 N–H and O–H groups in total. The first-order chi connectivity index (χ1) is 10.7. The summed E-state index contributed by atoms with van der Waals surface area (Å²) in [6.07, 6.45) is 0. The van der Waals surface area contributed by atoms with Crippen molar-refractivity contribution in [2.24, 2.45) is 0 Å². The zero-order chi connectivity index (χ0) is 15.1. The SMILES string of the molecule is O=c1cc(-c2cccc(F)c2)[nH]n1-c1nc2ccccc2s1. The molecule has 22 heavy (non-hydrogen) atoms. The topological polar surface area (TPSA) is 50.7 Å². The van der Waals surface area contributed by atoms with E-state index in [2.05, 4.69) is 10.1 Å². The van der Waals surface area contributed by atoms with Crippen LogP contribution in [0.25, 0.3) is 26.6 Å². The predicted molar refractivity (Wildman–Crippen MR) is 85.0 cm³/mol. The molecule has 2 aromatic carbocycles. The summed E-state index contributed by atoms with van der Waals surface area (Å²) in [5.74, 6) is -0.342. The molecule has 2 aromatic heterocycles. The summed E-state index contributed by atoms with van der Waals surface area (Å²) in [7, 11) is 0. The first-order valence-electron chi connectivity index (χ1n) is 6.65. The van der Waals surface area contributed by atoms with E-state index >= 15 is 0 Å². The van der Waals surface area contributed by atoms with Gasteiger partial charge in [-0.25, -0.2) is 9.37 Å². The molecule has 0 spiro atoms. The molecular formula is C16H10FN3OS. The van der Waals surface area contributed by atoms with E-state index in [-0.39, 0.29) is 11.4 Å². The van der Waals surface area contributed by atoms with Crippen LogP contribution in [0.5, 0.6) is 0 Å². The van der Waals surface area contributed by atoms with Crippen LogP contribution in [0.4, 0.5) is 4.39 Å². The third-order valence-electron chi connectivity index (χ3n) is 3.33. The number of aromatic nitrogens is 3. The molecule has 4 nitrogen and oxygen atoms in total. The zero-order valence-corrected chi connectivity index (χ0v) is 12.1. The summed E-state index contributed by atoms with van der Waals surface area (Å²) in [5.41, 5.74) is 1.80. The van der Waals surface area contributed by atoms with Gasteiger partial charge in [-0.3, -0.25) is 9.89 Å². The Hall–Kier alpha value is -2.73. The van der Waals surface area contributed by atoms with Crippen molar-refractivity contribution < 1.29 is 4.39 Å². The van der Waals surface area contributed by atoms with Crippen molar-refractivity contribution in [1.82, 2.24) is 14.8 Å². The minimum Gasteiger partial charge on any atom is -0.288 e. The standard InChI is InChI=1S/C16H10FN3OS/c17-11-5-3-4-10(8-11)13-9-15(21)20(19-13)16-18-12-6-1-2-7-14(12)22-16/h1-9,19H. The molecule has 0 aliphatic heterocycles. The molecule has 0 saturated heterocycles. The van der Waals surface area contributed by atoms with E-state index in [0.717, 1.165) is 10.2 Å². The summed E-state index contributed by atoms with van der Waals surface area (Å²) in [6, 6.07) is 15.2. The number of aromatic amines is 1. The van der Waals surface area contributed by atoms with Crippen LogP contribution >= 0.6 is 11.3 Å². The van der Waals surface area contributed by atoms with Gasteiger partial charge < -0.3 is 0 Å². The van der Waals surface area contributed by atoms with Gasteiger partial charge in [0, 0.05) is 11.6 Å². The van der Waals surface area contributed by atoms with Crippen molar-refractivity contribution in [2.45, 2.75) is 0 Å². The third-order valence-corrected chi connectivity index (χ3v) is 4.35. The van der Waals surface area contributed by atoms with E-state index in [1.165, 1.54) is 34.2 Å². The van der Waals surface area contributed by atoms with E-state index in [1.54, 1.807) is 12.1 Å². The number of fused-ring (bicyclic) bond motifs is 1. The first kappa shape index (κ1) is 13.0. The molecule has 0 bridgehead atoms. The maximum Gasteiger partial charge on any atom is 0.273 e. The summed E-state index contributed by atoms with van der Waals surface area (Å²) >= 11 is 1.42. The Kier molecular flexibility index (Phi) is 2.90. The van der Waals surface area contributed by atoms with Crippen LogP contribution in [0.15, 0.2) is 59.4 Å². The quantitative estimate of drug-likeness (QED) is 0.615. The Balaban J connectivity index is 1.85. The molecule has 0 radical (unpaired) electrons. The molecular weight excluding hydrogens is 301 g/mol. The second kappa shape index (κ2) is 4.92. The van der Waals surface area contributed by atoms with Crippen molar-refractivity contribution in [1.29, 1.82) is 0 Å². The Morgan fingerprint density at radius 1 is 1.09 bits per heavy atom. The number of nitrogens with one attached hydrogen (secondary N) is 1. The Labute approximate surface area is 128 Å². The van der Waals surface area contributed by atoms with E-state index < -0.39 is 0 Å². The number of halogens is 1. The van der Waals surface area contributed by atoms with Crippen LogP contribution in [0.2, 0.25) is 0 Å². The van der Waals surface area contributed by atoms with Crippen molar-refractivity contribution in [3.8, 4) is 16.4 Å². The van der Waals surface area contributed by atoms with Gasteiger partial charge >= 0.3 is 0 Å². The lowest BCUT2D eigenvalue weighted by Gasteiger charge is -1.98. The maximum absolute atomic E-state index is 13.3. The number of hydrogen-bond acceptors (Lipinski definition) is 3. The van der Waals surface area contributed by atoms with Gasteiger partial charge in [-0.05, 0) is 24.3 Å². The van der Waals surface area contributed by atoms with Crippen LogP contribution < -0.4 is 5.56 Å². The second-order valence-corrected chi connectivity index (χ2v) is 5.83. The average molecular weight is 311 g/mol. The van der Waals surface area contributed by atoms with E-state index in [9.17, 15) is 9.18 Å². The van der Waals surface area contributed by atoms with Crippen molar-refractivity contribution >= 4 is 21.6 Å². The highest BCUT2D eigenvalue weighted by atomic mass is 32.1. The molecule has 4 aromatic rings. The van der Waals surface area contributed by atoms with Crippen LogP contribution in [-0.2, 0) is 0 Å². The number of nitrogens with zero attached hydrogens (tertiary/aromatic N) is 2. The normalized spacial score (nSPS) is 11.1. The molecule has 4 rings (SSSR count). The summed E-state index contributed by atoms with van der Waals surface area (Å²) in [5, 5.41) is 3.55. The van der Waals surface area contributed by atoms with Crippen molar-refractivity contribution in [2.75, 3.05) is 0 Å².